The lowest BCUT2D eigenvalue weighted by atomic mass is 10.00. The van der Waals surface area contributed by atoms with Crippen molar-refractivity contribution in [3.8, 4) is 17.6 Å². The summed E-state index contributed by atoms with van der Waals surface area (Å²) >= 11 is 6.21. The van der Waals surface area contributed by atoms with Crippen LogP contribution in [-0.2, 0) is 9.47 Å². The van der Waals surface area contributed by atoms with Gasteiger partial charge >= 0.3 is 0 Å². The summed E-state index contributed by atoms with van der Waals surface area (Å²) < 4.78 is 42.8. The first-order valence-corrected chi connectivity index (χ1v) is 9.21. The van der Waals surface area contributed by atoms with E-state index in [1.165, 1.54) is 13.2 Å². The molecule has 1 heterocycles. The van der Waals surface area contributed by atoms with Crippen LogP contribution in [0.3, 0.4) is 0 Å². The van der Waals surface area contributed by atoms with Crippen molar-refractivity contribution in [2.75, 3.05) is 32.4 Å². The van der Waals surface area contributed by atoms with Gasteiger partial charge in [-0.1, -0.05) is 23.4 Å². The summed E-state index contributed by atoms with van der Waals surface area (Å²) in [6.45, 7) is 1.40. The van der Waals surface area contributed by atoms with Crippen molar-refractivity contribution in [2.45, 2.75) is 12.8 Å². The lowest BCUT2D eigenvalue weighted by Crippen LogP contribution is -2.14. The van der Waals surface area contributed by atoms with E-state index in [9.17, 15) is 8.78 Å². The summed E-state index contributed by atoms with van der Waals surface area (Å²) in [6.07, 6.45) is 1.72. The lowest BCUT2D eigenvalue weighted by Gasteiger charge is -2.17. The molecule has 0 radical (unpaired) electrons. The number of anilines is 2. The molecule has 0 spiro atoms. The van der Waals surface area contributed by atoms with Crippen LogP contribution in [0.25, 0.3) is 0 Å². The summed E-state index contributed by atoms with van der Waals surface area (Å²) in [7, 11) is 1.51. The second-order valence-corrected chi connectivity index (χ2v) is 6.72. The molecule has 0 atom stereocenters. The number of ether oxygens (including phenoxy) is 3. The Balaban J connectivity index is 1.97. The van der Waals surface area contributed by atoms with E-state index in [4.69, 9.17) is 25.8 Å². The molecule has 0 saturated carbocycles. The summed E-state index contributed by atoms with van der Waals surface area (Å²) in [5.41, 5.74) is 1.47. The minimum absolute atomic E-state index is 0.0247. The van der Waals surface area contributed by atoms with Gasteiger partial charge in [-0.25, -0.2) is 8.78 Å². The zero-order valence-electron chi connectivity index (χ0n) is 15.4. The van der Waals surface area contributed by atoms with Crippen LogP contribution in [0.15, 0.2) is 30.3 Å². The Kier molecular flexibility index (Phi) is 7.10. The topological polar surface area (TPSA) is 39.7 Å². The molecule has 0 aromatic heterocycles. The lowest BCUT2D eigenvalue weighted by molar-refractivity contribution is 0.0510. The van der Waals surface area contributed by atoms with Gasteiger partial charge in [0.05, 0.1) is 11.3 Å². The summed E-state index contributed by atoms with van der Waals surface area (Å²) in [5.74, 6) is 5.21. The van der Waals surface area contributed by atoms with E-state index in [1.54, 1.807) is 12.1 Å². The van der Waals surface area contributed by atoms with Gasteiger partial charge in [0.2, 0.25) is 0 Å². The fourth-order valence-electron chi connectivity index (χ4n) is 2.79. The maximum absolute atomic E-state index is 13.6. The third-order valence-corrected chi connectivity index (χ3v) is 4.44. The molecule has 4 nitrogen and oxygen atoms in total. The van der Waals surface area contributed by atoms with Crippen LogP contribution in [0, 0.1) is 29.4 Å². The average Bonchev–Trinajstić information content (AvgIpc) is 2.69. The predicted octanol–water partition coefficient (Wildman–Crippen LogP) is 5.12. The van der Waals surface area contributed by atoms with Crippen molar-refractivity contribution in [3.05, 3.63) is 52.6 Å². The molecular formula is C21H20ClF2NO3. The normalized spacial score (nSPS) is 14.3. The Labute approximate surface area is 167 Å². The van der Waals surface area contributed by atoms with E-state index in [0.717, 1.165) is 25.0 Å². The molecule has 1 aliphatic heterocycles. The van der Waals surface area contributed by atoms with Gasteiger partial charge in [0.25, 0.3) is 0 Å². The Hall–Kier alpha value is -2.33. The van der Waals surface area contributed by atoms with Gasteiger partial charge in [0.15, 0.2) is 18.4 Å². The molecule has 0 amide bonds. The van der Waals surface area contributed by atoms with E-state index < -0.39 is 11.6 Å². The van der Waals surface area contributed by atoms with Crippen LogP contribution in [0.2, 0.25) is 5.02 Å². The van der Waals surface area contributed by atoms with E-state index in [2.05, 4.69) is 17.2 Å². The number of methoxy groups -OCH3 is 1. The molecule has 3 rings (SSSR count). The number of hydrogen-bond acceptors (Lipinski definition) is 4. The number of nitrogens with one attached hydrogen (secondary N) is 1. The van der Waals surface area contributed by atoms with Gasteiger partial charge in [0.1, 0.15) is 5.75 Å². The molecule has 28 heavy (non-hydrogen) atoms. The van der Waals surface area contributed by atoms with E-state index >= 15 is 0 Å². The van der Waals surface area contributed by atoms with Crippen molar-refractivity contribution in [1.29, 1.82) is 0 Å². The predicted molar refractivity (Wildman–Crippen MR) is 104 cm³/mol. The molecule has 2 aromatic rings. The molecule has 0 unspecified atom stereocenters. The van der Waals surface area contributed by atoms with Gasteiger partial charge in [-0.05, 0) is 31.0 Å². The molecule has 1 N–H and O–H groups in total. The zero-order valence-corrected chi connectivity index (χ0v) is 16.1. The van der Waals surface area contributed by atoms with Crippen molar-refractivity contribution >= 4 is 23.0 Å². The Morgan fingerprint density at radius 1 is 1.18 bits per heavy atom. The van der Waals surface area contributed by atoms with Crippen molar-refractivity contribution in [1.82, 2.24) is 0 Å². The number of rotatable bonds is 5. The van der Waals surface area contributed by atoms with Gasteiger partial charge in [0, 0.05) is 49.1 Å². The van der Waals surface area contributed by atoms with Gasteiger partial charge in [-0.3, -0.25) is 0 Å². The van der Waals surface area contributed by atoms with Crippen molar-refractivity contribution in [3.63, 3.8) is 0 Å². The molecule has 7 heteroatoms. The summed E-state index contributed by atoms with van der Waals surface area (Å²) in [6, 6.07) is 6.87. The number of benzene rings is 2. The first kappa shape index (κ1) is 20.4. The van der Waals surface area contributed by atoms with Crippen LogP contribution < -0.4 is 10.1 Å². The quantitative estimate of drug-likeness (QED) is 0.551. The van der Waals surface area contributed by atoms with Crippen molar-refractivity contribution < 1.29 is 23.0 Å². The van der Waals surface area contributed by atoms with E-state index in [1.807, 2.05) is 0 Å². The highest BCUT2D eigenvalue weighted by Gasteiger charge is 2.14. The minimum atomic E-state index is -0.947. The van der Waals surface area contributed by atoms with Crippen LogP contribution in [0.5, 0.6) is 5.75 Å². The third kappa shape index (κ3) is 5.35. The monoisotopic (exact) mass is 407 g/mol. The highest BCUT2D eigenvalue weighted by atomic mass is 35.5. The van der Waals surface area contributed by atoms with Crippen LogP contribution in [0.1, 0.15) is 18.4 Å². The summed E-state index contributed by atoms with van der Waals surface area (Å²) in [5, 5.41) is 3.46. The standard InChI is InChI=1S/C21H20ClF2NO3/c1-26-13-28-21-11-15(22)10-20(25-16-3-5-18(23)19(24)12-16)17(21)4-2-14-6-8-27-9-7-14/h3,5,10-12,14,25H,6-9,13H2,1H3. The van der Waals surface area contributed by atoms with Gasteiger partial charge in [-0.15, -0.1) is 0 Å². The maximum atomic E-state index is 13.6. The molecule has 1 fully saturated rings. The second-order valence-electron chi connectivity index (χ2n) is 6.29. The van der Waals surface area contributed by atoms with Crippen LogP contribution in [-0.4, -0.2) is 27.1 Å². The molecule has 2 aromatic carbocycles. The minimum Gasteiger partial charge on any atom is -0.466 e. The van der Waals surface area contributed by atoms with E-state index in [0.29, 0.717) is 40.9 Å². The molecular weight excluding hydrogens is 388 g/mol. The highest BCUT2D eigenvalue weighted by Crippen LogP contribution is 2.33. The SMILES string of the molecule is COCOc1cc(Cl)cc(Nc2ccc(F)c(F)c2)c1C#CC1CCOCC1. The van der Waals surface area contributed by atoms with Crippen LogP contribution in [0.4, 0.5) is 20.2 Å². The van der Waals surface area contributed by atoms with Crippen LogP contribution >= 0.6 is 11.6 Å². The number of halogens is 3. The fraction of sp³-hybridized carbons (Fsp3) is 0.333. The van der Waals surface area contributed by atoms with Crippen molar-refractivity contribution in [2.24, 2.45) is 5.92 Å². The molecule has 0 aliphatic carbocycles. The largest absolute Gasteiger partial charge is 0.466 e. The number of hydrogen-bond donors (Lipinski definition) is 1. The average molecular weight is 408 g/mol. The summed E-state index contributed by atoms with van der Waals surface area (Å²) in [4.78, 5) is 0. The Morgan fingerprint density at radius 2 is 1.96 bits per heavy atom. The smallest absolute Gasteiger partial charge is 0.188 e. The first-order chi connectivity index (χ1) is 13.6. The third-order valence-electron chi connectivity index (χ3n) is 4.22. The zero-order chi connectivity index (χ0) is 19.9. The van der Waals surface area contributed by atoms with E-state index in [-0.39, 0.29) is 12.7 Å². The molecule has 1 saturated heterocycles. The molecule has 0 bridgehead atoms. The highest BCUT2D eigenvalue weighted by molar-refractivity contribution is 6.31. The molecule has 148 valence electrons. The second kappa shape index (κ2) is 9.74. The molecule has 1 aliphatic rings. The first-order valence-electron chi connectivity index (χ1n) is 8.83. The van der Waals surface area contributed by atoms with Gasteiger partial charge < -0.3 is 19.5 Å². The van der Waals surface area contributed by atoms with Gasteiger partial charge in [-0.2, -0.15) is 0 Å². The maximum Gasteiger partial charge on any atom is 0.188 e. The fourth-order valence-corrected chi connectivity index (χ4v) is 3.00. The Bertz CT molecular complexity index is 889. The Morgan fingerprint density at radius 3 is 2.68 bits per heavy atom.